The summed E-state index contributed by atoms with van der Waals surface area (Å²) in [4.78, 5) is 14.7. The van der Waals surface area contributed by atoms with Gasteiger partial charge in [0, 0.05) is 36.1 Å². The molecule has 0 saturated heterocycles. The molecule has 150 valence electrons. The smallest absolute Gasteiger partial charge is 0.239 e. The second kappa shape index (κ2) is 8.73. The van der Waals surface area contributed by atoms with Gasteiger partial charge >= 0.3 is 0 Å². The van der Waals surface area contributed by atoms with Crippen LogP contribution in [0.1, 0.15) is 17.5 Å². The van der Waals surface area contributed by atoms with Crippen molar-refractivity contribution >= 4 is 17.3 Å². The van der Waals surface area contributed by atoms with Crippen molar-refractivity contribution in [2.45, 2.75) is 19.4 Å². The van der Waals surface area contributed by atoms with Gasteiger partial charge in [-0.1, -0.05) is 6.07 Å². The van der Waals surface area contributed by atoms with Crippen LogP contribution in [-0.2, 0) is 17.8 Å². The molecule has 2 aromatic rings. The highest BCUT2D eigenvalue weighted by molar-refractivity contribution is 5.82. The summed E-state index contributed by atoms with van der Waals surface area (Å²) in [5.41, 5.74) is 9.87. The van der Waals surface area contributed by atoms with Gasteiger partial charge in [-0.05, 0) is 36.6 Å². The molecule has 1 heterocycles. The SMILES string of the molecule is COc1cc(OC)c(OC)cc1CNC(=O)CN1CCCc2c(N)cccc21. The normalized spacial score (nSPS) is 12.9. The fourth-order valence-corrected chi connectivity index (χ4v) is 3.55. The lowest BCUT2D eigenvalue weighted by Crippen LogP contribution is -2.39. The number of nitrogens with two attached hydrogens (primary N) is 1. The molecule has 0 bridgehead atoms. The van der Waals surface area contributed by atoms with E-state index in [1.165, 1.54) is 0 Å². The number of methoxy groups -OCH3 is 3. The van der Waals surface area contributed by atoms with Crippen LogP contribution in [0.2, 0.25) is 0 Å². The second-order valence-corrected chi connectivity index (χ2v) is 6.67. The summed E-state index contributed by atoms with van der Waals surface area (Å²) in [6.45, 7) is 1.45. The van der Waals surface area contributed by atoms with E-state index in [-0.39, 0.29) is 12.5 Å². The third kappa shape index (κ3) is 4.08. The van der Waals surface area contributed by atoms with E-state index in [0.717, 1.165) is 41.9 Å². The average molecular weight is 385 g/mol. The molecule has 7 nitrogen and oxygen atoms in total. The van der Waals surface area contributed by atoms with E-state index >= 15 is 0 Å². The highest BCUT2D eigenvalue weighted by Crippen LogP contribution is 2.34. The number of rotatable bonds is 7. The molecule has 0 unspecified atom stereocenters. The molecule has 3 rings (SSSR count). The number of carbonyl (C=O) groups is 1. The summed E-state index contributed by atoms with van der Waals surface area (Å²) in [6.07, 6.45) is 1.93. The van der Waals surface area contributed by atoms with Crippen LogP contribution in [0.25, 0.3) is 0 Å². The number of hydrogen-bond acceptors (Lipinski definition) is 6. The van der Waals surface area contributed by atoms with Crippen LogP contribution in [0.5, 0.6) is 17.2 Å². The Morgan fingerprint density at radius 2 is 1.82 bits per heavy atom. The maximum atomic E-state index is 12.6. The Bertz CT molecular complexity index is 854. The van der Waals surface area contributed by atoms with E-state index in [2.05, 4.69) is 10.2 Å². The minimum atomic E-state index is -0.0629. The largest absolute Gasteiger partial charge is 0.496 e. The van der Waals surface area contributed by atoms with E-state index < -0.39 is 0 Å². The van der Waals surface area contributed by atoms with Gasteiger partial charge in [0.05, 0.1) is 27.9 Å². The van der Waals surface area contributed by atoms with Gasteiger partial charge in [-0.2, -0.15) is 0 Å². The molecular weight excluding hydrogens is 358 g/mol. The van der Waals surface area contributed by atoms with Crippen LogP contribution in [0.15, 0.2) is 30.3 Å². The molecule has 0 radical (unpaired) electrons. The minimum Gasteiger partial charge on any atom is -0.496 e. The Kier molecular flexibility index (Phi) is 6.13. The molecule has 2 aromatic carbocycles. The molecule has 0 atom stereocenters. The first-order valence-corrected chi connectivity index (χ1v) is 9.25. The van der Waals surface area contributed by atoms with Crippen molar-refractivity contribution in [1.82, 2.24) is 5.32 Å². The third-order valence-electron chi connectivity index (χ3n) is 4.98. The number of benzene rings is 2. The van der Waals surface area contributed by atoms with E-state index in [1.807, 2.05) is 24.3 Å². The quantitative estimate of drug-likeness (QED) is 0.712. The Hall–Kier alpha value is -3.09. The van der Waals surface area contributed by atoms with Crippen molar-refractivity contribution in [1.29, 1.82) is 0 Å². The first-order valence-electron chi connectivity index (χ1n) is 9.25. The van der Waals surface area contributed by atoms with E-state index in [1.54, 1.807) is 27.4 Å². The van der Waals surface area contributed by atoms with Gasteiger partial charge in [-0.3, -0.25) is 4.79 Å². The predicted molar refractivity (Wildman–Crippen MR) is 109 cm³/mol. The number of ether oxygens (including phenoxy) is 3. The number of fused-ring (bicyclic) bond motifs is 1. The lowest BCUT2D eigenvalue weighted by atomic mass is 10.00. The molecule has 0 aromatic heterocycles. The van der Waals surface area contributed by atoms with Crippen molar-refractivity contribution in [3.8, 4) is 17.2 Å². The van der Waals surface area contributed by atoms with Gasteiger partial charge in [0.25, 0.3) is 0 Å². The van der Waals surface area contributed by atoms with Crippen molar-refractivity contribution in [2.24, 2.45) is 0 Å². The van der Waals surface area contributed by atoms with Gasteiger partial charge in [0.15, 0.2) is 11.5 Å². The molecule has 0 spiro atoms. The predicted octanol–water partition coefficient (Wildman–Crippen LogP) is 2.36. The van der Waals surface area contributed by atoms with Crippen LogP contribution in [0.3, 0.4) is 0 Å². The summed E-state index contributed by atoms with van der Waals surface area (Å²) in [5.74, 6) is 1.74. The monoisotopic (exact) mass is 385 g/mol. The standard InChI is InChI=1S/C21H27N3O4/c1-26-18-11-20(28-3)19(27-2)10-14(18)12-23-21(25)13-24-9-5-6-15-16(22)7-4-8-17(15)24/h4,7-8,10-11H,5-6,9,12-13,22H2,1-3H3,(H,23,25). The fraction of sp³-hybridized carbons (Fsp3) is 0.381. The summed E-state index contributed by atoms with van der Waals surface area (Å²) < 4.78 is 16.1. The molecule has 1 aliphatic rings. The van der Waals surface area contributed by atoms with Gasteiger partial charge in [-0.25, -0.2) is 0 Å². The van der Waals surface area contributed by atoms with E-state index in [0.29, 0.717) is 23.8 Å². The van der Waals surface area contributed by atoms with E-state index in [4.69, 9.17) is 19.9 Å². The van der Waals surface area contributed by atoms with Gasteiger partial charge in [0.2, 0.25) is 5.91 Å². The Morgan fingerprint density at radius 1 is 1.11 bits per heavy atom. The first kappa shape index (κ1) is 19.7. The molecule has 1 amide bonds. The number of nitrogens with zero attached hydrogens (tertiary/aromatic N) is 1. The molecule has 0 saturated carbocycles. The number of nitrogen functional groups attached to an aromatic ring is 1. The summed E-state index contributed by atoms with van der Waals surface area (Å²) >= 11 is 0. The zero-order valence-corrected chi connectivity index (χ0v) is 16.6. The number of carbonyl (C=O) groups excluding carboxylic acids is 1. The van der Waals surface area contributed by atoms with Crippen LogP contribution >= 0.6 is 0 Å². The summed E-state index contributed by atoms with van der Waals surface area (Å²) in [7, 11) is 4.73. The van der Waals surface area contributed by atoms with Gasteiger partial charge < -0.3 is 30.2 Å². The third-order valence-corrected chi connectivity index (χ3v) is 4.98. The van der Waals surface area contributed by atoms with Crippen LogP contribution in [0.4, 0.5) is 11.4 Å². The van der Waals surface area contributed by atoms with Gasteiger partial charge in [-0.15, -0.1) is 0 Å². The maximum Gasteiger partial charge on any atom is 0.239 e. The molecular formula is C21H27N3O4. The van der Waals surface area contributed by atoms with E-state index in [9.17, 15) is 4.79 Å². The number of anilines is 2. The molecule has 3 N–H and O–H groups in total. The Labute approximate surface area is 165 Å². The first-order chi connectivity index (χ1) is 13.6. The van der Waals surface area contributed by atoms with Crippen LogP contribution in [-0.4, -0.2) is 40.3 Å². The Balaban J connectivity index is 1.68. The average Bonchev–Trinajstić information content (AvgIpc) is 2.72. The topological polar surface area (TPSA) is 86.0 Å². The fourth-order valence-electron chi connectivity index (χ4n) is 3.55. The zero-order chi connectivity index (χ0) is 20.1. The zero-order valence-electron chi connectivity index (χ0n) is 16.6. The molecule has 0 aliphatic carbocycles. The number of nitrogens with one attached hydrogen (secondary N) is 1. The van der Waals surface area contributed by atoms with Crippen LogP contribution < -0.4 is 30.2 Å². The second-order valence-electron chi connectivity index (χ2n) is 6.67. The van der Waals surface area contributed by atoms with Gasteiger partial charge in [0.1, 0.15) is 5.75 Å². The Morgan fingerprint density at radius 3 is 2.54 bits per heavy atom. The highest BCUT2D eigenvalue weighted by Gasteiger charge is 2.21. The number of amides is 1. The minimum absolute atomic E-state index is 0.0629. The van der Waals surface area contributed by atoms with Crippen LogP contribution in [0, 0.1) is 0 Å². The molecule has 0 fully saturated rings. The maximum absolute atomic E-state index is 12.6. The summed E-state index contributed by atoms with van der Waals surface area (Å²) in [6, 6.07) is 9.43. The molecule has 7 heteroatoms. The van der Waals surface area contributed by atoms with Crippen molar-refractivity contribution in [3.05, 3.63) is 41.5 Å². The lowest BCUT2D eigenvalue weighted by molar-refractivity contribution is -0.119. The summed E-state index contributed by atoms with van der Waals surface area (Å²) in [5, 5.41) is 2.97. The van der Waals surface area contributed by atoms with Crippen molar-refractivity contribution < 1.29 is 19.0 Å². The molecule has 28 heavy (non-hydrogen) atoms. The number of hydrogen-bond donors (Lipinski definition) is 2. The molecule has 1 aliphatic heterocycles. The lowest BCUT2D eigenvalue weighted by Gasteiger charge is -2.31. The van der Waals surface area contributed by atoms with Crippen molar-refractivity contribution in [3.63, 3.8) is 0 Å². The van der Waals surface area contributed by atoms with Crippen molar-refractivity contribution in [2.75, 3.05) is 45.1 Å². The highest BCUT2D eigenvalue weighted by atomic mass is 16.5.